The molecule has 0 aliphatic carbocycles. The molecule has 2 amide bonds. The molecule has 1 aromatic carbocycles. The van der Waals surface area contributed by atoms with Crippen LogP contribution in [0.3, 0.4) is 0 Å². The van der Waals surface area contributed by atoms with E-state index >= 15 is 0 Å². The molecule has 150 valence electrons. The molecule has 0 saturated carbocycles. The van der Waals surface area contributed by atoms with Crippen molar-refractivity contribution in [1.82, 2.24) is 15.2 Å². The van der Waals surface area contributed by atoms with Crippen molar-refractivity contribution >= 4 is 28.3 Å². The molecule has 1 saturated heterocycles. The van der Waals surface area contributed by atoms with Crippen LogP contribution in [0.2, 0.25) is 0 Å². The van der Waals surface area contributed by atoms with Gasteiger partial charge >= 0.3 is 0 Å². The molecular weight excluding hydrogens is 372 g/mol. The third-order valence-corrected chi connectivity index (χ3v) is 5.60. The van der Waals surface area contributed by atoms with Gasteiger partial charge in [0, 0.05) is 38.5 Å². The zero-order valence-electron chi connectivity index (χ0n) is 16.7. The number of carbonyl (C=O) groups is 2. The average molecular weight is 401 g/mol. The van der Waals surface area contributed by atoms with E-state index in [4.69, 9.17) is 0 Å². The van der Waals surface area contributed by atoms with E-state index in [0.717, 1.165) is 37.0 Å². The fraction of sp³-hybridized carbons (Fsp3) is 0.476. The van der Waals surface area contributed by atoms with E-state index in [-0.39, 0.29) is 11.8 Å². The maximum Gasteiger partial charge on any atom is 0.271 e. The molecule has 1 aromatic heterocycles. The van der Waals surface area contributed by atoms with Crippen LogP contribution in [0.4, 0.5) is 5.13 Å². The number of thiazole rings is 1. The number of hydrogen-bond donors (Lipinski definition) is 2. The smallest absolute Gasteiger partial charge is 0.271 e. The number of likely N-dealkylation sites (tertiary alicyclic amines) is 1. The minimum absolute atomic E-state index is 0.199. The molecule has 2 unspecified atom stereocenters. The van der Waals surface area contributed by atoms with Crippen LogP contribution >= 0.6 is 11.3 Å². The normalized spacial score (nSPS) is 20.0. The third kappa shape index (κ3) is 5.87. The standard InChI is InChI=1S/C21H28N4O2S/c1-14-8-15(2)11-25(10-14)12-18-6-4-17(5-7-18)9-22-20(27)19-13-28-21(24-19)23-16(3)26/h4-7,13-15H,8-12H2,1-3H3,(H,22,27)(H,23,24,26). The zero-order valence-corrected chi connectivity index (χ0v) is 17.5. The number of anilines is 1. The number of piperidine rings is 1. The first-order valence-corrected chi connectivity index (χ1v) is 10.6. The minimum Gasteiger partial charge on any atom is -0.347 e. The Morgan fingerprint density at radius 2 is 1.79 bits per heavy atom. The molecule has 3 rings (SSSR count). The molecule has 0 spiro atoms. The van der Waals surface area contributed by atoms with Crippen LogP contribution < -0.4 is 10.6 Å². The van der Waals surface area contributed by atoms with Crippen LogP contribution in [0.1, 0.15) is 48.8 Å². The van der Waals surface area contributed by atoms with E-state index < -0.39 is 0 Å². The fourth-order valence-electron chi connectivity index (χ4n) is 3.80. The number of aromatic nitrogens is 1. The van der Waals surface area contributed by atoms with E-state index in [0.29, 0.717) is 17.4 Å². The molecule has 0 radical (unpaired) electrons. The summed E-state index contributed by atoms with van der Waals surface area (Å²) >= 11 is 1.24. The average Bonchev–Trinajstić information content (AvgIpc) is 3.08. The Labute approximate surface area is 170 Å². The molecular formula is C21H28N4O2S. The largest absolute Gasteiger partial charge is 0.347 e. The van der Waals surface area contributed by atoms with E-state index in [1.807, 2.05) is 0 Å². The van der Waals surface area contributed by atoms with Gasteiger partial charge in [-0.25, -0.2) is 4.98 Å². The van der Waals surface area contributed by atoms with Gasteiger partial charge in [0.25, 0.3) is 5.91 Å². The van der Waals surface area contributed by atoms with Crippen molar-refractivity contribution in [2.24, 2.45) is 11.8 Å². The molecule has 2 aromatic rings. The quantitative estimate of drug-likeness (QED) is 0.778. The second kappa shape index (κ2) is 9.30. The first-order chi connectivity index (χ1) is 13.4. The number of benzene rings is 1. The van der Waals surface area contributed by atoms with E-state index in [1.165, 1.54) is 30.2 Å². The lowest BCUT2D eigenvalue weighted by Crippen LogP contribution is -2.38. The first kappa shape index (κ1) is 20.5. The number of rotatable bonds is 6. The van der Waals surface area contributed by atoms with Crippen LogP contribution in [0.25, 0.3) is 0 Å². The molecule has 7 heteroatoms. The highest BCUT2D eigenvalue weighted by molar-refractivity contribution is 7.14. The SMILES string of the molecule is CC(=O)Nc1nc(C(=O)NCc2ccc(CN3CC(C)CC(C)C3)cc2)cs1. The zero-order chi connectivity index (χ0) is 20.1. The van der Waals surface area contributed by atoms with Crippen molar-refractivity contribution in [2.75, 3.05) is 18.4 Å². The summed E-state index contributed by atoms with van der Waals surface area (Å²) in [4.78, 5) is 29.9. The fourth-order valence-corrected chi connectivity index (χ4v) is 4.54. The number of nitrogens with one attached hydrogen (secondary N) is 2. The maximum atomic E-state index is 12.2. The highest BCUT2D eigenvalue weighted by Crippen LogP contribution is 2.22. The molecule has 6 nitrogen and oxygen atoms in total. The van der Waals surface area contributed by atoms with Crippen molar-refractivity contribution in [2.45, 2.75) is 40.3 Å². The molecule has 0 bridgehead atoms. The van der Waals surface area contributed by atoms with E-state index in [1.54, 1.807) is 5.38 Å². The summed E-state index contributed by atoms with van der Waals surface area (Å²) < 4.78 is 0. The maximum absolute atomic E-state index is 12.2. The molecule has 2 heterocycles. The van der Waals surface area contributed by atoms with Gasteiger partial charge in [-0.1, -0.05) is 38.1 Å². The van der Waals surface area contributed by atoms with Gasteiger partial charge in [-0.2, -0.15) is 0 Å². The highest BCUT2D eigenvalue weighted by atomic mass is 32.1. The summed E-state index contributed by atoms with van der Waals surface area (Å²) in [5.41, 5.74) is 2.67. The van der Waals surface area contributed by atoms with Crippen molar-refractivity contribution in [3.63, 3.8) is 0 Å². The van der Waals surface area contributed by atoms with Crippen LogP contribution in [0.15, 0.2) is 29.6 Å². The Balaban J connectivity index is 1.49. The monoisotopic (exact) mass is 400 g/mol. The molecule has 2 atom stereocenters. The first-order valence-electron chi connectivity index (χ1n) is 9.70. The number of amides is 2. The Morgan fingerprint density at radius 1 is 1.14 bits per heavy atom. The summed E-state index contributed by atoms with van der Waals surface area (Å²) in [7, 11) is 0. The molecule has 2 N–H and O–H groups in total. The lowest BCUT2D eigenvalue weighted by molar-refractivity contribution is -0.114. The summed E-state index contributed by atoms with van der Waals surface area (Å²) in [6.45, 7) is 9.82. The second-order valence-electron chi connectivity index (χ2n) is 7.86. The van der Waals surface area contributed by atoms with E-state index in [9.17, 15) is 9.59 Å². The predicted octanol–water partition coefficient (Wildman–Crippen LogP) is 3.51. The number of carbonyl (C=O) groups excluding carboxylic acids is 2. The minimum atomic E-state index is -0.242. The Hall–Kier alpha value is -2.25. The van der Waals surface area contributed by atoms with Crippen LogP contribution in [0.5, 0.6) is 0 Å². The molecule has 28 heavy (non-hydrogen) atoms. The number of hydrogen-bond acceptors (Lipinski definition) is 5. The van der Waals surface area contributed by atoms with Gasteiger partial charge in [-0.05, 0) is 29.4 Å². The van der Waals surface area contributed by atoms with Gasteiger partial charge in [0.1, 0.15) is 5.69 Å². The summed E-state index contributed by atoms with van der Waals surface area (Å²) in [6.07, 6.45) is 1.32. The predicted molar refractivity (Wildman–Crippen MR) is 112 cm³/mol. The van der Waals surface area contributed by atoms with Gasteiger partial charge in [-0.15, -0.1) is 11.3 Å². The van der Waals surface area contributed by atoms with E-state index in [2.05, 4.69) is 58.6 Å². The summed E-state index contributed by atoms with van der Waals surface area (Å²) in [5, 5.41) is 7.54. The lowest BCUT2D eigenvalue weighted by Gasteiger charge is -2.35. The van der Waals surface area contributed by atoms with Crippen molar-refractivity contribution in [3.05, 3.63) is 46.5 Å². The summed E-state index contributed by atoms with van der Waals surface area (Å²) in [6, 6.07) is 8.42. The Bertz CT molecular complexity index is 808. The second-order valence-corrected chi connectivity index (χ2v) is 8.72. The van der Waals surface area contributed by atoms with Gasteiger partial charge in [0.2, 0.25) is 5.91 Å². The summed E-state index contributed by atoms with van der Waals surface area (Å²) in [5.74, 6) is 1.08. The number of nitrogens with zero attached hydrogens (tertiary/aromatic N) is 2. The van der Waals surface area contributed by atoms with Gasteiger partial charge in [0.15, 0.2) is 5.13 Å². The van der Waals surface area contributed by atoms with Gasteiger partial charge < -0.3 is 10.6 Å². The topological polar surface area (TPSA) is 74.3 Å². The Kier molecular flexibility index (Phi) is 6.80. The third-order valence-electron chi connectivity index (χ3n) is 4.85. The van der Waals surface area contributed by atoms with Gasteiger partial charge in [-0.3, -0.25) is 14.5 Å². The Morgan fingerprint density at radius 3 is 2.43 bits per heavy atom. The highest BCUT2D eigenvalue weighted by Gasteiger charge is 2.21. The van der Waals surface area contributed by atoms with Gasteiger partial charge in [0.05, 0.1) is 0 Å². The van der Waals surface area contributed by atoms with Crippen molar-refractivity contribution in [1.29, 1.82) is 0 Å². The van der Waals surface area contributed by atoms with Crippen molar-refractivity contribution in [3.8, 4) is 0 Å². The molecule has 1 aliphatic heterocycles. The van der Waals surface area contributed by atoms with Crippen LogP contribution in [0, 0.1) is 11.8 Å². The van der Waals surface area contributed by atoms with Crippen LogP contribution in [-0.4, -0.2) is 34.8 Å². The molecule has 1 aliphatic rings. The molecule has 1 fully saturated rings. The van der Waals surface area contributed by atoms with Crippen molar-refractivity contribution < 1.29 is 9.59 Å². The lowest BCUT2D eigenvalue weighted by atomic mass is 9.91. The van der Waals surface area contributed by atoms with Crippen LogP contribution in [-0.2, 0) is 17.9 Å².